The number of carbonyl (C=O) groups is 1. The molecule has 1 fully saturated rings. The van der Waals surface area contributed by atoms with Crippen molar-refractivity contribution >= 4 is 5.78 Å². The Hall–Kier alpha value is -0.370. The Balaban J connectivity index is 2.50. The number of hydrogen-bond donors (Lipinski definition) is 0. The molecule has 1 unspecified atom stereocenters. The lowest BCUT2D eigenvalue weighted by molar-refractivity contribution is -0.128. The first-order chi connectivity index (χ1) is 5.54. The zero-order valence-corrected chi connectivity index (χ0v) is 8.22. The number of Topliss-reactive ketones (excluding diaryl/α,β-unsaturated/α-hetero) is 1. The second-order valence-corrected chi connectivity index (χ2v) is 4.38. The predicted octanol–water partition coefficient (Wildman–Crippen LogP) is 2.03. The van der Waals surface area contributed by atoms with Crippen LogP contribution in [0, 0.1) is 11.3 Å². The van der Waals surface area contributed by atoms with E-state index in [0.29, 0.717) is 24.7 Å². The first kappa shape index (κ1) is 9.72. The normalized spacial score (nSPS) is 29.7. The molecule has 0 aromatic rings. The summed E-state index contributed by atoms with van der Waals surface area (Å²) in [5.41, 5.74) is -0.176. The van der Waals surface area contributed by atoms with E-state index < -0.39 is 0 Å². The van der Waals surface area contributed by atoms with Gasteiger partial charge in [0.25, 0.3) is 0 Å². The highest BCUT2D eigenvalue weighted by atomic mass is 16.5. The SMILES string of the molecule is CC(C)CC(=O)C1(C)CCOC1. The van der Waals surface area contributed by atoms with Crippen molar-refractivity contribution in [3.63, 3.8) is 0 Å². The molecule has 1 heterocycles. The van der Waals surface area contributed by atoms with Gasteiger partial charge in [0.2, 0.25) is 0 Å². The van der Waals surface area contributed by atoms with Gasteiger partial charge in [-0.15, -0.1) is 0 Å². The van der Waals surface area contributed by atoms with Crippen LogP contribution in [0.2, 0.25) is 0 Å². The van der Waals surface area contributed by atoms with Gasteiger partial charge in [-0.05, 0) is 12.3 Å². The molecule has 0 aromatic carbocycles. The van der Waals surface area contributed by atoms with Crippen LogP contribution in [0.3, 0.4) is 0 Å². The van der Waals surface area contributed by atoms with Gasteiger partial charge in [0.05, 0.1) is 12.0 Å². The molecule has 0 aliphatic carbocycles. The Morgan fingerprint density at radius 2 is 2.25 bits per heavy atom. The number of rotatable bonds is 3. The third-order valence-electron chi connectivity index (χ3n) is 2.49. The van der Waals surface area contributed by atoms with Crippen LogP contribution in [-0.4, -0.2) is 19.0 Å². The molecular formula is C10H18O2. The summed E-state index contributed by atoms with van der Waals surface area (Å²) in [5.74, 6) is 0.838. The minimum absolute atomic E-state index is 0.176. The molecule has 2 heteroatoms. The van der Waals surface area contributed by atoms with Crippen LogP contribution >= 0.6 is 0 Å². The van der Waals surface area contributed by atoms with Crippen LogP contribution in [0.4, 0.5) is 0 Å². The lowest BCUT2D eigenvalue weighted by Gasteiger charge is -2.20. The van der Waals surface area contributed by atoms with Gasteiger partial charge in [-0.1, -0.05) is 20.8 Å². The average Bonchev–Trinajstić information content (AvgIpc) is 2.36. The summed E-state index contributed by atoms with van der Waals surface area (Å²) in [6, 6.07) is 0. The van der Waals surface area contributed by atoms with Crippen molar-refractivity contribution in [2.75, 3.05) is 13.2 Å². The molecule has 0 aromatic heterocycles. The highest BCUT2D eigenvalue weighted by Gasteiger charge is 2.36. The van der Waals surface area contributed by atoms with Crippen molar-refractivity contribution in [1.82, 2.24) is 0 Å². The molecule has 1 saturated heterocycles. The fraction of sp³-hybridized carbons (Fsp3) is 0.900. The van der Waals surface area contributed by atoms with Gasteiger partial charge in [-0.3, -0.25) is 4.79 Å². The molecule has 12 heavy (non-hydrogen) atoms. The third-order valence-corrected chi connectivity index (χ3v) is 2.49. The Bertz CT molecular complexity index is 167. The molecule has 0 N–H and O–H groups in total. The molecule has 70 valence electrons. The lowest BCUT2D eigenvalue weighted by atomic mass is 9.81. The van der Waals surface area contributed by atoms with E-state index in [-0.39, 0.29) is 5.41 Å². The number of carbonyl (C=O) groups excluding carboxylic acids is 1. The highest BCUT2D eigenvalue weighted by Crippen LogP contribution is 2.30. The number of hydrogen-bond acceptors (Lipinski definition) is 2. The summed E-state index contributed by atoms with van der Waals surface area (Å²) >= 11 is 0. The van der Waals surface area contributed by atoms with Crippen LogP contribution in [0.15, 0.2) is 0 Å². The molecule has 1 aliphatic rings. The van der Waals surface area contributed by atoms with Crippen molar-refractivity contribution in [3.8, 4) is 0 Å². The van der Waals surface area contributed by atoms with E-state index in [9.17, 15) is 4.79 Å². The van der Waals surface area contributed by atoms with Crippen LogP contribution in [0.25, 0.3) is 0 Å². The Morgan fingerprint density at radius 1 is 1.58 bits per heavy atom. The Morgan fingerprint density at radius 3 is 2.67 bits per heavy atom. The first-order valence-electron chi connectivity index (χ1n) is 4.66. The van der Waals surface area contributed by atoms with E-state index in [2.05, 4.69) is 13.8 Å². The zero-order valence-electron chi connectivity index (χ0n) is 8.22. The van der Waals surface area contributed by atoms with E-state index in [0.717, 1.165) is 13.0 Å². The van der Waals surface area contributed by atoms with Crippen LogP contribution in [0.1, 0.15) is 33.6 Å². The predicted molar refractivity (Wildman–Crippen MR) is 48.0 cm³/mol. The molecule has 0 spiro atoms. The van der Waals surface area contributed by atoms with E-state index in [4.69, 9.17) is 4.74 Å². The van der Waals surface area contributed by atoms with Crippen LogP contribution < -0.4 is 0 Å². The van der Waals surface area contributed by atoms with Crippen molar-refractivity contribution in [2.45, 2.75) is 33.6 Å². The summed E-state index contributed by atoms with van der Waals surface area (Å²) in [5, 5.41) is 0. The lowest BCUT2D eigenvalue weighted by Crippen LogP contribution is -2.28. The standard InChI is InChI=1S/C10H18O2/c1-8(2)6-9(11)10(3)4-5-12-7-10/h8H,4-7H2,1-3H3. The fourth-order valence-corrected chi connectivity index (χ4v) is 1.50. The Labute approximate surface area is 74.3 Å². The van der Waals surface area contributed by atoms with Gasteiger partial charge in [0.1, 0.15) is 5.78 Å². The minimum atomic E-state index is -0.176. The van der Waals surface area contributed by atoms with Gasteiger partial charge in [0.15, 0.2) is 0 Å². The van der Waals surface area contributed by atoms with E-state index in [1.165, 1.54) is 0 Å². The highest BCUT2D eigenvalue weighted by molar-refractivity contribution is 5.84. The molecule has 0 saturated carbocycles. The third kappa shape index (κ3) is 2.07. The van der Waals surface area contributed by atoms with E-state index in [1.807, 2.05) is 6.92 Å². The van der Waals surface area contributed by atoms with Crippen molar-refractivity contribution in [2.24, 2.45) is 11.3 Å². The van der Waals surface area contributed by atoms with E-state index >= 15 is 0 Å². The largest absolute Gasteiger partial charge is 0.380 e. The van der Waals surface area contributed by atoms with Gasteiger partial charge < -0.3 is 4.74 Å². The van der Waals surface area contributed by atoms with E-state index in [1.54, 1.807) is 0 Å². The summed E-state index contributed by atoms with van der Waals surface area (Å²) in [6.45, 7) is 7.55. The van der Waals surface area contributed by atoms with Gasteiger partial charge in [0, 0.05) is 13.0 Å². The van der Waals surface area contributed by atoms with Gasteiger partial charge in [-0.2, -0.15) is 0 Å². The zero-order chi connectivity index (χ0) is 9.19. The topological polar surface area (TPSA) is 26.3 Å². The maximum Gasteiger partial charge on any atom is 0.141 e. The molecule has 1 aliphatic heterocycles. The summed E-state index contributed by atoms with van der Waals surface area (Å²) in [4.78, 5) is 11.7. The van der Waals surface area contributed by atoms with Crippen molar-refractivity contribution < 1.29 is 9.53 Å². The summed E-state index contributed by atoms with van der Waals surface area (Å²) in [7, 11) is 0. The number of ether oxygens (including phenoxy) is 1. The second kappa shape index (κ2) is 3.56. The van der Waals surface area contributed by atoms with Gasteiger partial charge >= 0.3 is 0 Å². The molecule has 1 atom stereocenters. The van der Waals surface area contributed by atoms with Crippen LogP contribution in [0.5, 0.6) is 0 Å². The van der Waals surface area contributed by atoms with Crippen LogP contribution in [-0.2, 0) is 9.53 Å². The van der Waals surface area contributed by atoms with Gasteiger partial charge in [-0.25, -0.2) is 0 Å². The second-order valence-electron chi connectivity index (χ2n) is 4.38. The summed E-state index contributed by atoms with van der Waals surface area (Å²) in [6.07, 6.45) is 1.60. The molecule has 0 bridgehead atoms. The minimum Gasteiger partial charge on any atom is -0.380 e. The molecule has 0 radical (unpaired) electrons. The first-order valence-corrected chi connectivity index (χ1v) is 4.66. The molecule has 2 nitrogen and oxygen atoms in total. The maximum absolute atomic E-state index is 11.7. The molecule has 0 amide bonds. The quantitative estimate of drug-likeness (QED) is 0.647. The molecular weight excluding hydrogens is 152 g/mol. The number of ketones is 1. The molecule has 1 rings (SSSR count). The average molecular weight is 170 g/mol. The monoisotopic (exact) mass is 170 g/mol. The van der Waals surface area contributed by atoms with Crippen molar-refractivity contribution in [3.05, 3.63) is 0 Å². The summed E-state index contributed by atoms with van der Waals surface area (Å²) < 4.78 is 5.24. The Kier molecular flexibility index (Phi) is 2.89. The van der Waals surface area contributed by atoms with Crippen molar-refractivity contribution in [1.29, 1.82) is 0 Å². The fourth-order valence-electron chi connectivity index (χ4n) is 1.50. The smallest absolute Gasteiger partial charge is 0.141 e. The maximum atomic E-state index is 11.7.